The Morgan fingerprint density at radius 1 is 1.09 bits per heavy atom. The van der Waals surface area contributed by atoms with Crippen LogP contribution in [0.4, 0.5) is 0 Å². The average molecular weight is 321 g/mol. The molecule has 0 aliphatic carbocycles. The van der Waals surface area contributed by atoms with Crippen LogP contribution in [0.3, 0.4) is 0 Å². The Labute approximate surface area is 138 Å². The number of hydrogen-bond donors (Lipinski definition) is 0. The molecule has 0 spiro atoms. The Morgan fingerprint density at radius 2 is 1.78 bits per heavy atom. The zero-order chi connectivity index (χ0) is 16.4. The summed E-state index contributed by atoms with van der Waals surface area (Å²) in [5.41, 5.74) is -0.350. The number of terminal acetylenes is 1. The van der Waals surface area contributed by atoms with Gasteiger partial charge in [-0.05, 0) is 38.1 Å². The van der Waals surface area contributed by atoms with Crippen LogP contribution in [0.15, 0.2) is 60.0 Å². The van der Waals surface area contributed by atoms with Crippen molar-refractivity contribution in [2.24, 2.45) is 0 Å². The number of fused-ring (bicyclic) bond motifs is 1. The predicted octanol–water partition coefficient (Wildman–Crippen LogP) is 5.15. The minimum absolute atomic E-state index is 0.261. The van der Waals surface area contributed by atoms with E-state index >= 15 is 0 Å². The highest BCUT2D eigenvalue weighted by atomic mass is 32.2. The molecular weight excluding hydrogens is 304 g/mol. The summed E-state index contributed by atoms with van der Waals surface area (Å²) in [5, 5.41) is 3.34. The predicted molar refractivity (Wildman–Crippen MR) is 96.1 cm³/mol. The fourth-order valence-corrected chi connectivity index (χ4v) is 4.41. The van der Waals surface area contributed by atoms with E-state index < -0.39 is 5.60 Å². The second-order valence-electron chi connectivity index (χ2n) is 5.72. The molecule has 114 valence electrons. The third-order valence-electron chi connectivity index (χ3n) is 3.58. The molecular formula is C20H17O2S+. The monoisotopic (exact) mass is 321 g/mol. The maximum absolute atomic E-state index is 12.6. The van der Waals surface area contributed by atoms with E-state index in [4.69, 9.17) is 11.2 Å². The summed E-state index contributed by atoms with van der Waals surface area (Å²) in [5.74, 6) is 2.11. The molecule has 0 saturated carbocycles. The molecule has 1 heterocycles. The van der Waals surface area contributed by atoms with E-state index in [0.29, 0.717) is 5.56 Å². The molecule has 1 aromatic heterocycles. The van der Waals surface area contributed by atoms with E-state index in [1.165, 1.54) is 10.1 Å². The van der Waals surface area contributed by atoms with E-state index in [2.05, 4.69) is 29.5 Å². The Hall–Kier alpha value is -2.57. The van der Waals surface area contributed by atoms with Crippen LogP contribution in [-0.2, 0) is 4.74 Å². The highest BCUT2D eigenvalue weighted by Crippen LogP contribution is 2.41. The highest BCUT2D eigenvalue weighted by Gasteiger charge is 2.27. The lowest BCUT2D eigenvalue weighted by Crippen LogP contribution is -2.26. The summed E-state index contributed by atoms with van der Waals surface area (Å²) >= 11 is 0. The van der Waals surface area contributed by atoms with E-state index in [0.717, 1.165) is 4.90 Å². The first-order valence-electron chi connectivity index (χ1n) is 7.32. The van der Waals surface area contributed by atoms with Crippen molar-refractivity contribution in [1.82, 2.24) is 0 Å². The smallest absolute Gasteiger partial charge is 0.345 e. The summed E-state index contributed by atoms with van der Waals surface area (Å²) in [6, 6.07) is 17.9. The molecule has 2 aromatic carbocycles. The SMILES string of the molecule is C#CC(C)(C)OC(=O)c1ccccc1-[s+]1ccc2ccccc21. The van der Waals surface area contributed by atoms with Crippen LogP contribution in [0, 0.1) is 12.3 Å². The van der Waals surface area contributed by atoms with Crippen LogP contribution in [0.1, 0.15) is 24.2 Å². The van der Waals surface area contributed by atoms with Gasteiger partial charge >= 0.3 is 5.97 Å². The first-order valence-corrected chi connectivity index (χ1v) is 8.61. The highest BCUT2D eigenvalue weighted by molar-refractivity contribution is 7.44. The van der Waals surface area contributed by atoms with Crippen LogP contribution >= 0.6 is 10.5 Å². The lowest BCUT2D eigenvalue weighted by atomic mass is 10.1. The minimum atomic E-state index is -0.920. The zero-order valence-corrected chi connectivity index (χ0v) is 13.9. The summed E-state index contributed by atoms with van der Waals surface area (Å²) in [4.78, 5) is 13.5. The lowest BCUT2D eigenvalue weighted by molar-refractivity contribution is 0.0206. The summed E-state index contributed by atoms with van der Waals surface area (Å²) in [6.07, 6.45) is 5.42. The van der Waals surface area contributed by atoms with Gasteiger partial charge in [0.2, 0.25) is 0 Å². The number of ether oxygens (including phenoxy) is 1. The Balaban J connectivity index is 2.09. The van der Waals surface area contributed by atoms with Crippen molar-refractivity contribution >= 4 is 26.5 Å². The molecule has 0 bridgehead atoms. The largest absolute Gasteiger partial charge is 0.443 e. The molecule has 3 aromatic rings. The molecule has 3 rings (SSSR count). The van der Waals surface area contributed by atoms with Crippen molar-refractivity contribution in [3.8, 4) is 17.2 Å². The second-order valence-corrected chi connectivity index (χ2v) is 7.55. The molecule has 0 N–H and O–H groups in total. The summed E-state index contributed by atoms with van der Waals surface area (Å²) in [7, 11) is -0.261. The topological polar surface area (TPSA) is 26.3 Å². The first kappa shape index (κ1) is 15.3. The molecule has 0 aliphatic heterocycles. The van der Waals surface area contributed by atoms with Crippen molar-refractivity contribution in [3.63, 3.8) is 0 Å². The molecule has 0 saturated heterocycles. The van der Waals surface area contributed by atoms with Crippen LogP contribution in [0.2, 0.25) is 0 Å². The van der Waals surface area contributed by atoms with Gasteiger partial charge in [-0.1, -0.05) is 30.2 Å². The molecule has 1 atom stereocenters. The van der Waals surface area contributed by atoms with E-state index in [1.807, 2.05) is 30.3 Å². The van der Waals surface area contributed by atoms with Crippen molar-refractivity contribution in [2.75, 3.05) is 0 Å². The normalized spacial score (nSPS) is 12.0. The Kier molecular flexibility index (Phi) is 3.94. The van der Waals surface area contributed by atoms with Crippen LogP contribution in [-0.4, -0.2) is 11.6 Å². The number of carbonyl (C=O) groups is 1. The van der Waals surface area contributed by atoms with Gasteiger partial charge in [0.05, 0.1) is 0 Å². The van der Waals surface area contributed by atoms with Gasteiger partial charge in [0.1, 0.15) is 10.9 Å². The molecule has 0 aliphatic rings. The molecule has 1 unspecified atom stereocenters. The van der Waals surface area contributed by atoms with Gasteiger partial charge in [0, 0.05) is 21.9 Å². The van der Waals surface area contributed by atoms with Gasteiger partial charge in [-0.2, -0.15) is 0 Å². The van der Waals surface area contributed by atoms with Gasteiger partial charge in [-0.3, -0.25) is 0 Å². The fourth-order valence-electron chi connectivity index (χ4n) is 2.37. The van der Waals surface area contributed by atoms with Gasteiger partial charge < -0.3 is 4.74 Å². The first-order chi connectivity index (χ1) is 11.0. The summed E-state index contributed by atoms with van der Waals surface area (Å²) < 4.78 is 6.69. The molecule has 0 fully saturated rings. The Morgan fingerprint density at radius 3 is 2.57 bits per heavy atom. The fraction of sp³-hybridized carbons (Fsp3) is 0.150. The van der Waals surface area contributed by atoms with Crippen LogP contribution in [0.5, 0.6) is 0 Å². The van der Waals surface area contributed by atoms with Gasteiger partial charge in [-0.25, -0.2) is 4.79 Å². The van der Waals surface area contributed by atoms with E-state index in [-0.39, 0.29) is 16.4 Å². The average Bonchev–Trinajstić information content (AvgIpc) is 2.98. The van der Waals surface area contributed by atoms with Gasteiger partial charge in [-0.15, -0.1) is 6.42 Å². The van der Waals surface area contributed by atoms with Crippen LogP contribution < -0.4 is 0 Å². The molecule has 0 radical (unpaired) electrons. The third kappa shape index (κ3) is 2.99. The standard InChI is InChI=1S/C20H17O2S/c1-4-20(2,3)22-19(21)16-10-6-8-12-18(16)23-14-13-15-9-5-7-11-17(15)23/h1,5-14H,2-3H3/q+1. The summed E-state index contributed by atoms with van der Waals surface area (Å²) in [6.45, 7) is 3.42. The zero-order valence-electron chi connectivity index (χ0n) is 13.1. The number of benzene rings is 2. The second kappa shape index (κ2) is 5.91. The van der Waals surface area contributed by atoms with E-state index in [9.17, 15) is 4.79 Å². The molecule has 23 heavy (non-hydrogen) atoms. The lowest BCUT2D eigenvalue weighted by Gasteiger charge is -2.18. The third-order valence-corrected chi connectivity index (χ3v) is 5.66. The van der Waals surface area contributed by atoms with Crippen molar-refractivity contribution < 1.29 is 9.53 Å². The van der Waals surface area contributed by atoms with Crippen LogP contribution in [0.25, 0.3) is 15.0 Å². The number of esters is 1. The maximum atomic E-state index is 12.6. The minimum Gasteiger partial charge on any atom is -0.443 e. The molecule has 3 heteroatoms. The number of rotatable bonds is 3. The van der Waals surface area contributed by atoms with Crippen molar-refractivity contribution in [1.29, 1.82) is 0 Å². The quantitative estimate of drug-likeness (QED) is 0.379. The molecule has 0 amide bonds. The number of carbonyl (C=O) groups excluding carboxylic acids is 1. The van der Waals surface area contributed by atoms with Gasteiger partial charge in [0.25, 0.3) is 0 Å². The van der Waals surface area contributed by atoms with E-state index in [1.54, 1.807) is 19.9 Å². The van der Waals surface area contributed by atoms with Crippen molar-refractivity contribution in [2.45, 2.75) is 19.4 Å². The number of thiophene rings is 1. The molecule has 2 nitrogen and oxygen atoms in total. The van der Waals surface area contributed by atoms with Gasteiger partial charge in [0.15, 0.2) is 15.2 Å². The number of hydrogen-bond acceptors (Lipinski definition) is 2. The van der Waals surface area contributed by atoms with Crippen molar-refractivity contribution in [3.05, 3.63) is 65.5 Å². The Bertz CT molecular complexity index is 913. The maximum Gasteiger partial charge on any atom is 0.345 e.